The zero-order valence-corrected chi connectivity index (χ0v) is 78.0. The number of nitrogens with one attached hydrogen (secondary N) is 10. The van der Waals surface area contributed by atoms with Crippen molar-refractivity contribution in [1.82, 2.24) is 62.6 Å². The van der Waals surface area contributed by atoms with Crippen molar-refractivity contribution in [2.45, 2.75) is 287 Å². The minimum Gasteiger partial charge on any atom is -0.463 e. The van der Waals surface area contributed by atoms with Crippen LogP contribution in [0, 0.1) is 17.8 Å². The Bertz CT molecular complexity index is 3960. The summed E-state index contributed by atoms with van der Waals surface area (Å²) in [6, 6.07) is -0.420. The number of primary amides is 3. The Morgan fingerprint density at radius 3 is 1.31 bits per heavy atom. The molecule has 4 aliphatic heterocycles. The molecule has 0 aromatic heterocycles. The van der Waals surface area contributed by atoms with E-state index in [-0.39, 0.29) is 214 Å². The molecule has 0 bridgehead atoms. The molecule has 1 aromatic carbocycles. The molecular formula is C86H140N16O23S3. The maximum absolute atomic E-state index is 13.3. The lowest BCUT2D eigenvalue weighted by Gasteiger charge is -2.29. The van der Waals surface area contributed by atoms with Crippen LogP contribution in [-0.4, -0.2) is 276 Å². The fourth-order valence-corrected chi connectivity index (χ4v) is 15.6. The molecule has 16 N–H and O–H groups in total. The number of urea groups is 3. The van der Waals surface area contributed by atoms with E-state index in [1.807, 2.05) is 27.0 Å². The first kappa shape index (κ1) is 107. The Morgan fingerprint density at radius 1 is 0.523 bits per heavy atom. The molecule has 5 rings (SSSR count). The molecule has 0 radical (unpaired) electrons. The highest BCUT2D eigenvalue weighted by Gasteiger charge is 2.41. The van der Waals surface area contributed by atoms with Gasteiger partial charge in [-0.25, -0.2) is 14.4 Å². The molecule has 720 valence electrons. The number of likely N-dealkylation sites (tertiary alicyclic amines) is 3. The number of aldehydes is 1. The summed E-state index contributed by atoms with van der Waals surface area (Å²) >= 11 is 4.12. The lowest BCUT2D eigenvalue weighted by atomic mass is 10.0. The largest absolute Gasteiger partial charge is 0.463 e. The van der Waals surface area contributed by atoms with Gasteiger partial charge in [0.2, 0.25) is 70.9 Å². The Morgan fingerprint density at radius 2 is 0.930 bits per heavy atom. The van der Waals surface area contributed by atoms with Crippen molar-refractivity contribution in [3.05, 3.63) is 29.8 Å². The monoisotopic (exact) mass is 1860 g/mol. The van der Waals surface area contributed by atoms with E-state index in [0.29, 0.717) is 121 Å². The quantitative estimate of drug-likeness (QED) is 0.0249. The zero-order valence-electron chi connectivity index (χ0n) is 79.5. The lowest BCUT2D eigenvalue weighted by molar-refractivity contribution is -0.140. The van der Waals surface area contributed by atoms with Gasteiger partial charge in [0.1, 0.15) is 39.0 Å². The lowest BCUT2D eigenvalue weighted by Crippen LogP contribution is -2.54. The molecule has 4 fully saturated rings. The topological polar surface area (TPSA) is 577 Å². The zero-order chi connectivity index (χ0) is 99.1. The highest BCUT2D eigenvalue weighted by atomic mass is 32.2. The van der Waals surface area contributed by atoms with Gasteiger partial charge in [0.05, 0.1) is 52.7 Å². The van der Waals surface area contributed by atoms with E-state index < -0.39 is 91.4 Å². The molecule has 128 heavy (non-hydrogen) atoms. The summed E-state index contributed by atoms with van der Waals surface area (Å²) in [6.45, 7) is 14.5. The standard InChI is InChI=1S/C30H44N6O8S.C23H39N5O6S.C19H29NO6S.C14H28N4O3/c1-19(2)26(35-24(38)9-5-4-6-15-36-25(39)16-23(45-3)29(36)42)28(41)34-22(8-7-14-32-30(31)43)27(40)33-21-12-10-20(11-13-21)17-44-18-37;1-14(2)20(21(32)26-16(15(3)29)9-8-11-25-23(24)34)27-18(30)10-6-5-7-12-28-19(31)13-17(35-4)22(28)33;1-27-17-11-18(23)20(19(17)24)9-3-5-14(22)12-25-13-16-7-2-6-15(26-16)8-4-10-21;1-5-16-12(9(2)3)13(20)18-11(10(4)19)7-6-8-17-14(15)21/h10-13,18-19,22-23,26H,4-9,14-17H2,1-3H3,(H,33,40)(H,34,41)(H,35,38)(H3,31,32,43);14,16-17,20H,5-13H2,1-4H3,(H,26,32)(H,27,30)(H3,24,25,34);10,15-17H,2-9,11-13H2,1H3;9,11-12,16H,5-8H2,1-4H3,(H,18,20)(H3,15,17,21)/t22-,23?,26-;16-,17?,20-;;11-,12-/m00.0/s1/i18D;3D;10D;4D. The van der Waals surface area contributed by atoms with E-state index in [1.54, 1.807) is 64.5 Å². The number of benzene rings is 1. The average Bonchev–Trinajstić information content (AvgIpc) is 1.70. The van der Waals surface area contributed by atoms with Gasteiger partial charge in [-0.2, -0.15) is 35.3 Å². The number of hydrogen-bond donors (Lipinski definition) is 13. The van der Waals surface area contributed by atoms with E-state index in [2.05, 4.69) is 57.9 Å². The number of Topliss-reactive ketones (excluding diaryl/α,β-unsaturated/α-hetero) is 3. The van der Waals surface area contributed by atoms with Crippen LogP contribution in [-0.2, 0) is 102 Å². The number of nitrogens with two attached hydrogens (primary N) is 3. The van der Waals surface area contributed by atoms with Crippen molar-refractivity contribution in [3.8, 4) is 0 Å². The number of imide groups is 3. The molecule has 4 saturated heterocycles. The van der Waals surface area contributed by atoms with Gasteiger partial charge in [-0.15, -0.1) is 0 Å². The molecule has 0 saturated carbocycles. The number of ether oxygens (including phenoxy) is 3. The van der Waals surface area contributed by atoms with E-state index in [9.17, 15) is 95.9 Å². The number of likely N-dealkylation sites (N-methyl/N-ethyl adjacent to an activating group) is 1. The van der Waals surface area contributed by atoms with Crippen molar-refractivity contribution >= 4 is 160 Å². The van der Waals surface area contributed by atoms with E-state index in [4.69, 9.17) is 32.2 Å². The fourth-order valence-electron chi connectivity index (χ4n) is 13.7. The van der Waals surface area contributed by atoms with Crippen molar-refractivity contribution in [1.29, 1.82) is 0 Å². The molecule has 42 heteroatoms. The van der Waals surface area contributed by atoms with Crippen LogP contribution < -0.4 is 70.4 Å². The number of carbonyl (C=O) groups is 20. The minimum absolute atomic E-state index is 0.00887. The van der Waals surface area contributed by atoms with Gasteiger partial charge >= 0.3 is 18.1 Å². The van der Waals surface area contributed by atoms with Crippen LogP contribution in [0.4, 0.5) is 20.1 Å². The third-order valence-corrected chi connectivity index (χ3v) is 23.6. The number of anilines is 1. The van der Waals surface area contributed by atoms with E-state index in [1.165, 1.54) is 50.0 Å². The SMILES string of the molecule is [2H]C(=O)CCC1CCCC(COCC(=O)CCCN2C(=O)CC(SC)C2=O)O1.[2H]C(=O)OCc1ccc(NC(=O)[C@H](CCCNC(N)=O)NC(=O)[C@@H](NC(=O)CCCCCN2C(=O)CC(SC)C2=O)C(C)C)cc1.[2H]CC(=O)[C@H](CCCNC(N)=O)NC(=O)[C@@H](NC(=O)CCCCCN1C(=O)CC(SC)C1=O)C(C)C.[2H]CC(=O)[C@H](CCCNC(N)=O)NC(=O)[C@@H](NCC)C(C)C. The van der Waals surface area contributed by atoms with Gasteiger partial charge in [-0.1, -0.05) is 73.4 Å². The van der Waals surface area contributed by atoms with Gasteiger partial charge in [-0.3, -0.25) is 91.4 Å². The van der Waals surface area contributed by atoms with Crippen LogP contribution in [0.3, 0.4) is 0 Å². The van der Waals surface area contributed by atoms with Crippen molar-refractivity contribution in [2.75, 3.05) is 83.1 Å². The predicted octanol–water partition coefficient (Wildman–Crippen LogP) is 4.03. The second kappa shape index (κ2) is 64.2. The van der Waals surface area contributed by atoms with Crippen molar-refractivity contribution < 1.29 is 116 Å². The highest BCUT2D eigenvalue weighted by molar-refractivity contribution is 8.00. The van der Waals surface area contributed by atoms with Crippen LogP contribution in [0.15, 0.2) is 24.3 Å². The molecule has 39 nitrogen and oxygen atoms in total. The maximum Gasteiger partial charge on any atom is 0.312 e. The Kier molecular flexibility index (Phi) is 53.7. The van der Waals surface area contributed by atoms with Crippen LogP contribution in [0.1, 0.15) is 227 Å². The molecule has 1 aromatic rings. The van der Waals surface area contributed by atoms with E-state index >= 15 is 0 Å². The number of carbonyl (C=O) groups excluding carboxylic acids is 20. The Balaban J connectivity index is 0.000000617. The molecule has 0 aliphatic carbocycles. The highest BCUT2D eigenvalue weighted by Crippen LogP contribution is 2.28. The number of ketones is 3. The first-order chi connectivity index (χ1) is 62.6. The van der Waals surface area contributed by atoms with E-state index in [0.717, 1.165) is 19.3 Å². The fraction of sp³-hybridized carbons (Fsp3) is 0.698. The van der Waals surface area contributed by atoms with Crippen LogP contribution in [0.25, 0.3) is 0 Å². The smallest absolute Gasteiger partial charge is 0.312 e. The van der Waals surface area contributed by atoms with Crippen molar-refractivity contribution in [2.24, 2.45) is 35.0 Å². The van der Waals surface area contributed by atoms with Gasteiger partial charge in [-0.05, 0) is 171 Å². The Hall–Kier alpha value is -9.65. The van der Waals surface area contributed by atoms with Gasteiger partial charge in [0.25, 0.3) is 6.45 Å². The third kappa shape index (κ3) is 45.6. The summed E-state index contributed by atoms with van der Waals surface area (Å²) in [4.78, 5) is 243. The average molecular weight is 1870 g/mol. The summed E-state index contributed by atoms with van der Waals surface area (Å²) in [6.07, 6.45) is 14.2. The molecule has 11 atom stereocenters. The summed E-state index contributed by atoms with van der Waals surface area (Å²) in [7, 11) is 0. The van der Waals surface area contributed by atoms with Crippen LogP contribution in [0.5, 0.6) is 0 Å². The molecule has 4 aliphatic rings. The van der Waals surface area contributed by atoms with Crippen molar-refractivity contribution in [3.63, 3.8) is 0 Å². The van der Waals surface area contributed by atoms with Gasteiger partial charge < -0.3 is 89.4 Å². The number of nitrogens with zero attached hydrogens (tertiary/aromatic N) is 3. The third-order valence-electron chi connectivity index (χ3n) is 20.8. The molecular weight excluding hydrogens is 1720 g/mol. The van der Waals surface area contributed by atoms with Crippen LogP contribution >= 0.6 is 35.3 Å². The summed E-state index contributed by atoms with van der Waals surface area (Å²) in [5, 5.41) is 25.7. The Labute approximate surface area is 769 Å². The summed E-state index contributed by atoms with van der Waals surface area (Å²) in [5.41, 5.74) is 16.1. The number of amides is 18. The first-order valence-corrected chi connectivity index (χ1v) is 47.3. The van der Waals surface area contributed by atoms with Gasteiger partial charge in [0, 0.05) is 92.6 Å². The predicted molar refractivity (Wildman–Crippen MR) is 485 cm³/mol. The number of hydrogen-bond acceptors (Lipinski definition) is 27. The normalized spacial score (nSPS) is 18.4. The summed E-state index contributed by atoms with van der Waals surface area (Å²) < 4.78 is 44.3. The second-order valence-corrected chi connectivity index (χ2v) is 35.2. The molecule has 4 heterocycles. The maximum atomic E-state index is 13.3. The van der Waals surface area contributed by atoms with Gasteiger partial charge in [0.15, 0.2) is 18.7 Å². The summed E-state index contributed by atoms with van der Waals surface area (Å²) in [5.74, 6) is -4.77. The molecule has 0 spiro atoms. The number of rotatable bonds is 57. The minimum atomic E-state index is -1.16. The first-order valence-electron chi connectivity index (χ1n) is 45.8. The second-order valence-electron chi connectivity index (χ2n) is 32.0. The number of thioether (sulfide) groups is 3. The molecule has 5 unspecified atom stereocenters. The molecule has 18 amide bonds. The number of unbranched alkanes of at least 4 members (excludes halogenated alkanes) is 4. The van der Waals surface area contributed by atoms with Crippen LogP contribution in [0.2, 0.25) is 0 Å².